The van der Waals surface area contributed by atoms with Gasteiger partial charge in [0, 0.05) is 23.4 Å². The van der Waals surface area contributed by atoms with E-state index >= 15 is 0 Å². The van der Waals surface area contributed by atoms with Crippen molar-refractivity contribution in [2.24, 2.45) is 0 Å². The van der Waals surface area contributed by atoms with E-state index in [4.69, 9.17) is 16.3 Å². The Morgan fingerprint density at radius 1 is 1.14 bits per heavy atom. The minimum atomic E-state index is -0.692. The van der Waals surface area contributed by atoms with Crippen molar-refractivity contribution in [3.05, 3.63) is 92.4 Å². The van der Waals surface area contributed by atoms with Gasteiger partial charge in [-0.1, -0.05) is 41.9 Å². The minimum absolute atomic E-state index is 0.120. The highest BCUT2D eigenvalue weighted by atomic mass is 35.5. The van der Waals surface area contributed by atoms with Gasteiger partial charge in [0.1, 0.15) is 11.8 Å². The summed E-state index contributed by atoms with van der Waals surface area (Å²) in [5.74, 6) is 0.613. The molecule has 0 N–H and O–H groups in total. The molecule has 29 heavy (non-hydrogen) atoms. The first-order chi connectivity index (χ1) is 13.9. The molecule has 1 unspecified atom stereocenters. The van der Waals surface area contributed by atoms with Crippen molar-refractivity contribution < 1.29 is 9.53 Å². The SMILES string of the molecule is COc1cccc(Cc2cc(C)nn(C(C)C(=O)Cc3ccccc3Cl)c2=O)c1. The first-order valence-corrected chi connectivity index (χ1v) is 9.75. The van der Waals surface area contributed by atoms with Crippen LogP contribution in [0.3, 0.4) is 0 Å². The highest BCUT2D eigenvalue weighted by molar-refractivity contribution is 6.31. The number of carbonyl (C=O) groups excluding carboxylic acids is 1. The minimum Gasteiger partial charge on any atom is -0.497 e. The average Bonchev–Trinajstić information content (AvgIpc) is 2.71. The molecule has 150 valence electrons. The molecule has 0 saturated carbocycles. The smallest absolute Gasteiger partial charge is 0.270 e. The highest BCUT2D eigenvalue weighted by Gasteiger charge is 2.20. The molecule has 2 aromatic carbocycles. The van der Waals surface area contributed by atoms with Crippen molar-refractivity contribution in [3.63, 3.8) is 0 Å². The topological polar surface area (TPSA) is 61.2 Å². The number of ketones is 1. The number of aromatic nitrogens is 2. The lowest BCUT2D eigenvalue weighted by Crippen LogP contribution is -2.33. The summed E-state index contributed by atoms with van der Waals surface area (Å²) in [5, 5.41) is 4.86. The number of methoxy groups -OCH3 is 1. The summed E-state index contributed by atoms with van der Waals surface area (Å²) in [5.41, 5.74) is 2.69. The van der Waals surface area contributed by atoms with Gasteiger partial charge in [-0.25, -0.2) is 4.68 Å². The zero-order valence-corrected chi connectivity index (χ0v) is 17.4. The van der Waals surface area contributed by atoms with Crippen LogP contribution in [0.15, 0.2) is 59.4 Å². The van der Waals surface area contributed by atoms with Gasteiger partial charge < -0.3 is 4.74 Å². The quantitative estimate of drug-likeness (QED) is 0.586. The normalized spacial score (nSPS) is 11.9. The van der Waals surface area contributed by atoms with Crippen molar-refractivity contribution >= 4 is 17.4 Å². The van der Waals surface area contributed by atoms with E-state index in [1.54, 1.807) is 26.2 Å². The molecule has 6 heteroatoms. The van der Waals surface area contributed by atoms with E-state index in [-0.39, 0.29) is 17.8 Å². The van der Waals surface area contributed by atoms with Crippen LogP contribution in [0.2, 0.25) is 5.02 Å². The van der Waals surface area contributed by atoms with Crippen LogP contribution < -0.4 is 10.3 Å². The second kappa shape index (κ2) is 9.05. The van der Waals surface area contributed by atoms with E-state index in [1.165, 1.54) is 4.68 Å². The maximum absolute atomic E-state index is 13.0. The van der Waals surface area contributed by atoms with Crippen LogP contribution in [-0.4, -0.2) is 22.7 Å². The molecule has 3 aromatic rings. The number of hydrogen-bond acceptors (Lipinski definition) is 4. The van der Waals surface area contributed by atoms with Gasteiger partial charge >= 0.3 is 0 Å². The second-order valence-corrected chi connectivity index (χ2v) is 7.41. The Bertz CT molecular complexity index is 1090. The molecule has 3 rings (SSSR count). The van der Waals surface area contributed by atoms with Crippen molar-refractivity contribution in [3.8, 4) is 5.75 Å². The van der Waals surface area contributed by atoms with Gasteiger partial charge in [0.25, 0.3) is 5.56 Å². The van der Waals surface area contributed by atoms with Crippen LogP contribution in [0.25, 0.3) is 0 Å². The third-order valence-corrected chi connectivity index (χ3v) is 5.18. The maximum Gasteiger partial charge on any atom is 0.270 e. The Morgan fingerprint density at radius 2 is 1.90 bits per heavy atom. The summed E-state index contributed by atoms with van der Waals surface area (Å²) in [4.78, 5) is 25.8. The number of halogens is 1. The lowest BCUT2D eigenvalue weighted by atomic mass is 10.0. The van der Waals surface area contributed by atoms with Crippen LogP contribution >= 0.6 is 11.6 Å². The standard InChI is InChI=1S/C23H23ClN2O3/c1-15-11-19(12-17-7-6-9-20(13-17)29-3)23(28)26(25-15)16(2)22(27)14-18-8-4-5-10-21(18)24/h4-11,13,16H,12,14H2,1-3H3. The molecular formula is C23H23ClN2O3. The number of Topliss-reactive ketones (excluding diaryl/α,β-unsaturated/α-hetero) is 1. The Kier molecular flexibility index (Phi) is 6.49. The van der Waals surface area contributed by atoms with Crippen molar-refractivity contribution in [2.45, 2.75) is 32.7 Å². The molecule has 0 spiro atoms. The van der Waals surface area contributed by atoms with Gasteiger partial charge in [-0.15, -0.1) is 0 Å². The van der Waals surface area contributed by atoms with Gasteiger partial charge in [-0.3, -0.25) is 9.59 Å². The first kappa shape index (κ1) is 20.8. The first-order valence-electron chi connectivity index (χ1n) is 9.37. The zero-order chi connectivity index (χ0) is 21.0. The number of nitrogens with zero attached hydrogens (tertiary/aromatic N) is 2. The Labute approximate surface area is 174 Å². The van der Waals surface area contributed by atoms with Crippen molar-refractivity contribution in [1.29, 1.82) is 0 Å². The second-order valence-electron chi connectivity index (χ2n) is 7.00. The van der Waals surface area contributed by atoms with E-state index in [1.807, 2.05) is 49.4 Å². The largest absolute Gasteiger partial charge is 0.497 e. The molecule has 1 aromatic heterocycles. The molecule has 1 atom stereocenters. The molecule has 0 aliphatic rings. The van der Waals surface area contributed by atoms with Crippen LogP contribution in [-0.2, 0) is 17.6 Å². The van der Waals surface area contributed by atoms with Gasteiger partial charge in [0.15, 0.2) is 5.78 Å². The lowest BCUT2D eigenvalue weighted by molar-refractivity contribution is -0.121. The fraction of sp³-hybridized carbons (Fsp3) is 0.261. The third-order valence-electron chi connectivity index (χ3n) is 4.82. The van der Waals surface area contributed by atoms with Gasteiger partial charge in [-0.2, -0.15) is 5.10 Å². The van der Waals surface area contributed by atoms with Gasteiger partial charge in [-0.05, 0) is 49.2 Å². The van der Waals surface area contributed by atoms with E-state index in [9.17, 15) is 9.59 Å². The van der Waals surface area contributed by atoms with Gasteiger partial charge in [0.2, 0.25) is 0 Å². The predicted molar refractivity (Wildman–Crippen MR) is 114 cm³/mol. The van der Waals surface area contributed by atoms with E-state index in [0.717, 1.165) is 16.9 Å². The number of carbonyl (C=O) groups is 1. The molecule has 0 aliphatic heterocycles. The van der Waals surface area contributed by atoms with Crippen molar-refractivity contribution in [2.75, 3.05) is 7.11 Å². The van der Waals surface area contributed by atoms with Crippen molar-refractivity contribution in [1.82, 2.24) is 9.78 Å². The summed E-state index contributed by atoms with van der Waals surface area (Å²) in [6.45, 7) is 3.51. The molecule has 0 amide bonds. The number of rotatable bonds is 7. The summed E-state index contributed by atoms with van der Waals surface area (Å²) >= 11 is 6.17. The molecule has 0 radical (unpaired) electrons. The Hall–Kier alpha value is -2.92. The molecule has 5 nitrogen and oxygen atoms in total. The molecule has 0 bridgehead atoms. The third kappa shape index (κ3) is 4.93. The van der Waals surface area contributed by atoms with Crippen LogP contribution in [0, 0.1) is 6.92 Å². The molecular weight excluding hydrogens is 388 g/mol. The Balaban J connectivity index is 1.88. The van der Waals surface area contributed by atoms with Crippen LogP contribution in [0.1, 0.15) is 35.3 Å². The van der Waals surface area contributed by atoms with Crippen LogP contribution in [0.4, 0.5) is 0 Å². The molecule has 0 fully saturated rings. The number of hydrogen-bond donors (Lipinski definition) is 0. The molecule has 1 heterocycles. The maximum atomic E-state index is 13.0. The molecule has 0 aliphatic carbocycles. The number of ether oxygens (including phenoxy) is 1. The van der Waals surface area contributed by atoms with E-state index in [0.29, 0.717) is 22.7 Å². The molecule has 0 saturated heterocycles. The zero-order valence-electron chi connectivity index (χ0n) is 16.7. The van der Waals surface area contributed by atoms with E-state index < -0.39 is 6.04 Å². The fourth-order valence-electron chi connectivity index (χ4n) is 3.21. The predicted octanol–water partition coefficient (Wildman–Crippen LogP) is 4.18. The average molecular weight is 411 g/mol. The summed E-state index contributed by atoms with van der Waals surface area (Å²) in [7, 11) is 1.61. The van der Waals surface area contributed by atoms with E-state index in [2.05, 4.69) is 5.10 Å². The summed E-state index contributed by atoms with van der Waals surface area (Å²) < 4.78 is 6.54. The summed E-state index contributed by atoms with van der Waals surface area (Å²) in [6, 6.07) is 15.9. The van der Waals surface area contributed by atoms with Crippen LogP contribution in [0.5, 0.6) is 5.75 Å². The summed E-state index contributed by atoms with van der Waals surface area (Å²) in [6.07, 6.45) is 0.582. The monoisotopic (exact) mass is 410 g/mol. The number of benzene rings is 2. The fourth-order valence-corrected chi connectivity index (χ4v) is 3.41. The van der Waals surface area contributed by atoms with Gasteiger partial charge in [0.05, 0.1) is 12.8 Å². The highest BCUT2D eigenvalue weighted by Crippen LogP contribution is 2.19. The lowest BCUT2D eigenvalue weighted by Gasteiger charge is -2.16. The number of aryl methyl sites for hydroxylation is 1. The Morgan fingerprint density at radius 3 is 2.62 bits per heavy atom.